The molecule has 27 heavy (non-hydrogen) atoms. The summed E-state index contributed by atoms with van der Waals surface area (Å²) in [5, 5.41) is 10.4. The zero-order chi connectivity index (χ0) is 20.0. The van der Waals surface area contributed by atoms with Crippen LogP contribution in [0.4, 0.5) is 0 Å². The Kier molecular flexibility index (Phi) is 22.1. The molecule has 1 unspecified atom stereocenters. The van der Waals surface area contributed by atoms with Crippen molar-refractivity contribution in [3.63, 3.8) is 0 Å². The zero-order valence-electron chi connectivity index (χ0n) is 19.3. The number of rotatable bonds is 22. The molecule has 0 saturated carbocycles. The highest BCUT2D eigenvalue weighted by Crippen LogP contribution is 2.13. The van der Waals surface area contributed by atoms with Crippen molar-refractivity contribution < 1.29 is 5.11 Å². The van der Waals surface area contributed by atoms with Crippen molar-refractivity contribution >= 4 is 0 Å². The summed E-state index contributed by atoms with van der Waals surface area (Å²) in [6, 6.07) is 0. The van der Waals surface area contributed by atoms with Crippen LogP contribution in [0.2, 0.25) is 0 Å². The van der Waals surface area contributed by atoms with Crippen molar-refractivity contribution in [3.05, 3.63) is 0 Å². The number of hydrogen-bond donors (Lipinski definition) is 1. The second kappa shape index (κ2) is 22.2. The fraction of sp³-hybridized carbons (Fsp3) is 1.00. The molecule has 0 aliphatic rings. The summed E-state index contributed by atoms with van der Waals surface area (Å²) in [6.07, 6.45) is 23.8. The van der Waals surface area contributed by atoms with Crippen molar-refractivity contribution in [1.29, 1.82) is 0 Å². The zero-order valence-corrected chi connectivity index (χ0v) is 19.3. The SMILES string of the molecule is CCCCCCCCCCCCC(O)CN(CCCC)CCCCCCC. The molecule has 0 aromatic rings. The van der Waals surface area contributed by atoms with Gasteiger partial charge in [-0.2, -0.15) is 0 Å². The molecule has 1 N–H and O–H groups in total. The van der Waals surface area contributed by atoms with Crippen molar-refractivity contribution in [2.24, 2.45) is 0 Å². The monoisotopic (exact) mass is 383 g/mol. The van der Waals surface area contributed by atoms with E-state index < -0.39 is 0 Å². The average molecular weight is 384 g/mol. The minimum absolute atomic E-state index is 0.119. The number of aliphatic hydroxyl groups excluding tert-OH is 1. The van der Waals surface area contributed by atoms with Crippen LogP contribution in [-0.2, 0) is 0 Å². The van der Waals surface area contributed by atoms with E-state index in [1.807, 2.05) is 0 Å². The molecule has 0 spiro atoms. The molecule has 0 saturated heterocycles. The smallest absolute Gasteiger partial charge is 0.0667 e. The molecule has 164 valence electrons. The maximum absolute atomic E-state index is 10.4. The first-order valence-corrected chi connectivity index (χ1v) is 12.6. The molecule has 0 bridgehead atoms. The van der Waals surface area contributed by atoms with E-state index >= 15 is 0 Å². The molecule has 0 amide bonds. The number of unbranched alkanes of at least 4 members (excludes halogenated alkanes) is 14. The van der Waals surface area contributed by atoms with Gasteiger partial charge in [0.2, 0.25) is 0 Å². The third-order valence-electron chi connectivity index (χ3n) is 5.77. The average Bonchev–Trinajstić information content (AvgIpc) is 2.67. The van der Waals surface area contributed by atoms with Crippen LogP contribution < -0.4 is 0 Å². The Morgan fingerprint density at radius 2 is 0.926 bits per heavy atom. The molecule has 0 radical (unpaired) electrons. The third kappa shape index (κ3) is 20.5. The predicted octanol–water partition coefficient (Wildman–Crippen LogP) is 7.73. The number of aliphatic hydroxyl groups is 1. The molecule has 2 nitrogen and oxygen atoms in total. The van der Waals surface area contributed by atoms with Crippen LogP contribution in [0.25, 0.3) is 0 Å². The van der Waals surface area contributed by atoms with Gasteiger partial charge < -0.3 is 10.0 Å². The van der Waals surface area contributed by atoms with Crippen molar-refractivity contribution in [3.8, 4) is 0 Å². The molecule has 0 aromatic heterocycles. The van der Waals surface area contributed by atoms with Crippen LogP contribution in [-0.4, -0.2) is 35.7 Å². The lowest BCUT2D eigenvalue weighted by molar-refractivity contribution is 0.101. The van der Waals surface area contributed by atoms with Crippen LogP contribution in [0.3, 0.4) is 0 Å². The fourth-order valence-electron chi connectivity index (χ4n) is 3.87. The second-order valence-corrected chi connectivity index (χ2v) is 8.69. The lowest BCUT2D eigenvalue weighted by Crippen LogP contribution is -2.34. The van der Waals surface area contributed by atoms with Crippen LogP contribution in [0, 0.1) is 0 Å². The topological polar surface area (TPSA) is 23.5 Å². The van der Waals surface area contributed by atoms with E-state index in [0.717, 1.165) is 13.0 Å². The molecular formula is C25H53NO. The van der Waals surface area contributed by atoms with E-state index in [-0.39, 0.29) is 6.10 Å². The standard InChI is InChI=1S/C25H53NO/c1-4-7-10-12-13-14-15-16-17-19-21-25(27)24-26(22-9-6-3)23-20-18-11-8-5-2/h25,27H,4-24H2,1-3H3. The summed E-state index contributed by atoms with van der Waals surface area (Å²) in [5.74, 6) is 0. The minimum atomic E-state index is -0.119. The first-order valence-electron chi connectivity index (χ1n) is 12.6. The Morgan fingerprint density at radius 1 is 0.519 bits per heavy atom. The molecule has 2 heteroatoms. The van der Waals surface area contributed by atoms with Gasteiger partial charge >= 0.3 is 0 Å². The van der Waals surface area contributed by atoms with Gasteiger partial charge in [-0.25, -0.2) is 0 Å². The summed E-state index contributed by atoms with van der Waals surface area (Å²) in [5.41, 5.74) is 0. The van der Waals surface area contributed by atoms with Gasteiger partial charge in [-0.1, -0.05) is 117 Å². The highest BCUT2D eigenvalue weighted by molar-refractivity contribution is 4.66. The number of hydrogen-bond acceptors (Lipinski definition) is 2. The fourth-order valence-corrected chi connectivity index (χ4v) is 3.87. The lowest BCUT2D eigenvalue weighted by Gasteiger charge is -2.25. The van der Waals surface area contributed by atoms with E-state index in [1.165, 1.54) is 122 Å². The van der Waals surface area contributed by atoms with Gasteiger partial charge in [-0.3, -0.25) is 0 Å². The van der Waals surface area contributed by atoms with E-state index in [1.54, 1.807) is 0 Å². The maximum atomic E-state index is 10.4. The van der Waals surface area contributed by atoms with Gasteiger partial charge in [0, 0.05) is 6.54 Å². The van der Waals surface area contributed by atoms with E-state index in [4.69, 9.17) is 0 Å². The third-order valence-corrected chi connectivity index (χ3v) is 5.77. The largest absolute Gasteiger partial charge is 0.392 e. The first-order chi connectivity index (χ1) is 13.2. The molecule has 0 aliphatic carbocycles. The van der Waals surface area contributed by atoms with E-state index in [9.17, 15) is 5.11 Å². The Bertz CT molecular complexity index is 269. The lowest BCUT2D eigenvalue weighted by atomic mass is 10.0. The van der Waals surface area contributed by atoms with Crippen molar-refractivity contribution in [2.75, 3.05) is 19.6 Å². The first kappa shape index (κ1) is 26.9. The van der Waals surface area contributed by atoms with Crippen LogP contribution in [0.15, 0.2) is 0 Å². The minimum Gasteiger partial charge on any atom is -0.392 e. The van der Waals surface area contributed by atoms with Crippen LogP contribution in [0.5, 0.6) is 0 Å². The van der Waals surface area contributed by atoms with E-state index in [2.05, 4.69) is 25.7 Å². The molecule has 1 atom stereocenters. The Balaban J connectivity index is 3.65. The van der Waals surface area contributed by atoms with Gasteiger partial charge in [0.15, 0.2) is 0 Å². The Hall–Kier alpha value is -0.0800. The molecule has 0 aromatic carbocycles. The summed E-state index contributed by atoms with van der Waals surface area (Å²) in [7, 11) is 0. The van der Waals surface area contributed by atoms with Gasteiger partial charge in [-0.05, 0) is 32.4 Å². The summed E-state index contributed by atoms with van der Waals surface area (Å²) in [4.78, 5) is 2.52. The van der Waals surface area contributed by atoms with Gasteiger partial charge in [0.05, 0.1) is 6.10 Å². The number of nitrogens with zero attached hydrogens (tertiary/aromatic N) is 1. The molecule has 0 heterocycles. The van der Waals surface area contributed by atoms with Crippen molar-refractivity contribution in [2.45, 2.75) is 142 Å². The predicted molar refractivity (Wildman–Crippen MR) is 123 cm³/mol. The summed E-state index contributed by atoms with van der Waals surface area (Å²) >= 11 is 0. The summed E-state index contributed by atoms with van der Waals surface area (Å²) < 4.78 is 0. The Labute approximate surface area is 172 Å². The molecule has 0 rings (SSSR count). The maximum Gasteiger partial charge on any atom is 0.0667 e. The van der Waals surface area contributed by atoms with Crippen molar-refractivity contribution in [1.82, 2.24) is 4.90 Å². The van der Waals surface area contributed by atoms with Gasteiger partial charge in [0.25, 0.3) is 0 Å². The highest BCUT2D eigenvalue weighted by atomic mass is 16.3. The van der Waals surface area contributed by atoms with Crippen LogP contribution >= 0.6 is 0 Å². The second-order valence-electron chi connectivity index (χ2n) is 8.69. The van der Waals surface area contributed by atoms with Gasteiger partial charge in [-0.15, -0.1) is 0 Å². The summed E-state index contributed by atoms with van der Waals surface area (Å²) in [6.45, 7) is 10.1. The van der Waals surface area contributed by atoms with Gasteiger partial charge in [0.1, 0.15) is 0 Å². The van der Waals surface area contributed by atoms with Crippen LogP contribution in [0.1, 0.15) is 136 Å². The normalized spacial score (nSPS) is 12.8. The quantitative estimate of drug-likeness (QED) is 0.193. The Morgan fingerprint density at radius 3 is 1.44 bits per heavy atom. The highest BCUT2D eigenvalue weighted by Gasteiger charge is 2.11. The molecule has 0 fully saturated rings. The van der Waals surface area contributed by atoms with E-state index in [0.29, 0.717) is 0 Å². The molecule has 0 aliphatic heterocycles. The molecular weight excluding hydrogens is 330 g/mol.